The van der Waals surface area contributed by atoms with Gasteiger partial charge in [0.1, 0.15) is 11.6 Å². The third kappa shape index (κ3) is 3.28. The number of nitrogens with zero attached hydrogens (tertiary/aromatic N) is 4. The van der Waals surface area contributed by atoms with Crippen LogP contribution in [0.25, 0.3) is 0 Å². The van der Waals surface area contributed by atoms with Crippen LogP contribution >= 0.6 is 0 Å². The van der Waals surface area contributed by atoms with Crippen LogP contribution < -0.4 is 16.0 Å². The van der Waals surface area contributed by atoms with Crippen LogP contribution in [0, 0.1) is 11.3 Å². The monoisotopic (exact) mass is 220 g/mol. The molecule has 6 nitrogen and oxygen atoms in total. The molecule has 0 radical (unpaired) electrons. The van der Waals surface area contributed by atoms with E-state index in [0.717, 1.165) is 12.4 Å². The molecule has 0 atom stereocenters. The smallest absolute Gasteiger partial charge is 0.223 e. The van der Waals surface area contributed by atoms with Gasteiger partial charge in [-0.2, -0.15) is 15.2 Å². The van der Waals surface area contributed by atoms with E-state index >= 15 is 0 Å². The third-order valence-electron chi connectivity index (χ3n) is 2.04. The molecule has 1 aromatic rings. The summed E-state index contributed by atoms with van der Waals surface area (Å²) >= 11 is 0. The van der Waals surface area contributed by atoms with Gasteiger partial charge >= 0.3 is 0 Å². The van der Waals surface area contributed by atoms with Gasteiger partial charge in [0.25, 0.3) is 0 Å². The minimum Gasteiger partial charge on any atom is -0.370 e. The maximum atomic E-state index is 8.51. The van der Waals surface area contributed by atoms with E-state index in [1.54, 1.807) is 0 Å². The molecule has 0 bridgehead atoms. The molecule has 0 aliphatic heterocycles. The van der Waals surface area contributed by atoms with Crippen molar-refractivity contribution < 1.29 is 0 Å². The lowest BCUT2D eigenvalue weighted by atomic mass is 10.4. The Morgan fingerprint density at radius 3 is 2.94 bits per heavy atom. The van der Waals surface area contributed by atoms with Crippen molar-refractivity contribution in [3.63, 3.8) is 0 Å². The molecule has 86 valence electrons. The Morgan fingerprint density at radius 1 is 1.56 bits per heavy atom. The van der Waals surface area contributed by atoms with E-state index in [9.17, 15) is 0 Å². The highest BCUT2D eigenvalue weighted by Gasteiger charge is 2.06. The third-order valence-corrected chi connectivity index (χ3v) is 2.04. The van der Waals surface area contributed by atoms with E-state index < -0.39 is 0 Å². The van der Waals surface area contributed by atoms with Crippen LogP contribution in [0.1, 0.15) is 13.3 Å². The summed E-state index contributed by atoms with van der Waals surface area (Å²) in [6.07, 6.45) is 0.455. The number of nitrogen functional groups attached to an aromatic ring is 1. The van der Waals surface area contributed by atoms with Gasteiger partial charge in [0, 0.05) is 26.2 Å². The maximum Gasteiger partial charge on any atom is 0.223 e. The first-order valence-electron chi connectivity index (χ1n) is 5.14. The van der Waals surface area contributed by atoms with Gasteiger partial charge in [-0.15, -0.1) is 0 Å². The Kier molecular flexibility index (Phi) is 4.33. The molecule has 16 heavy (non-hydrogen) atoms. The SMILES string of the molecule is CCNc1cc(N(C)CCC#N)nc(N)n1. The normalized spacial score (nSPS) is 9.56. The predicted molar refractivity (Wildman–Crippen MR) is 64.1 cm³/mol. The average molecular weight is 220 g/mol. The molecule has 1 aromatic heterocycles. The zero-order valence-corrected chi connectivity index (χ0v) is 9.56. The molecular formula is C10H16N6. The Labute approximate surface area is 95.1 Å². The van der Waals surface area contributed by atoms with E-state index in [2.05, 4.69) is 21.4 Å². The molecule has 0 saturated carbocycles. The fourth-order valence-corrected chi connectivity index (χ4v) is 1.25. The summed E-state index contributed by atoms with van der Waals surface area (Å²) in [5.41, 5.74) is 5.60. The van der Waals surface area contributed by atoms with Gasteiger partial charge in [-0.3, -0.25) is 0 Å². The first kappa shape index (κ1) is 12.0. The summed E-state index contributed by atoms with van der Waals surface area (Å²) in [7, 11) is 1.87. The number of nitriles is 1. The van der Waals surface area contributed by atoms with E-state index in [1.165, 1.54) is 0 Å². The van der Waals surface area contributed by atoms with Crippen molar-refractivity contribution >= 4 is 17.6 Å². The summed E-state index contributed by atoms with van der Waals surface area (Å²) in [5.74, 6) is 1.66. The second-order valence-electron chi connectivity index (χ2n) is 3.33. The van der Waals surface area contributed by atoms with Crippen LogP contribution in [-0.2, 0) is 0 Å². The molecule has 0 unspecified atom stereocenters. The van der Waals surface area contributed by atoms with Crippen LogP contribution in [0.3, 0.4) is 0 Å². The molecule has 0 spiro atoms. The minimum atomic E-state index is 0.234. The van der Waals surface area contributed by atoms with Crippen molar-refractivity contribution in [2.75, 3.05) is 36.1 Å². The van der Waals surface area contributed by atoms with Crippen LogP contribution in [0.2, 0.25) is 0 Å². The van der Waals surface area contributed by atoms with Gasteiger partial charge in [0.2, 0.25) is 5.95 Å². The van der Waals surface area contributed by atoms with Crippen molar-refractivity contribution in [2.24, 2.45) is 0 Å². The highest BCUT2D eigenvalue weighted by Crippen LogP contribution is 2.15. The van der Waals surface area contributed by atoms with Crippen LogP contribution in [-0.4, -0.2) is 30.1 Å². The molecule has 0 aliphatic rings. The highest BCUT2D eigenvalue weighted by atomic mass is 15.2. The Morgan fingerprint density at radius 2 is 2.31 bits per heavy atom. The molecule has 6 heteroatoms. The Balaban J connectivity index is 2.82. The topological polar surface area (TPSA) is 90.9 Å². The fraction of sp³-hybridized carbons (Fsp3) is 0.500. The van der Waals surface area contributed by atoms with Gasteiger partial charge in [-0.1, -0.05) is 0 Å². The zero-order valence-electron chi connectivity index (χ0n) is 9.56. The molecule has 1 rings (SSSR count). The van der Waals surface area contributed by atoms with E-state index in [-0.39, 0.29) is 5.95 Å². The quantitative estimate of drug-likeness (QED) is 0.764. The summed E-state index contributed by atoms with van der Waals surface area (Å²) in [6, 6.07) is 3.91. The molecule has 0 saturated heterocycles. The molecule has 0 fully saturated rings. The predicted octanol–water partition coefficient (Wildman–Crippen LogP) is 0.840. The molecule has 0 amide bonds. The number of hydrogen-bond acceptors (Lipinski definition) is 6. The summed E-state index contributed by atoms with van der Waals surface area (Å²) < 4.78 is 0. The average Bonchev–Trinajstić information content (AvgIpc) is 2.25. The van der Waals surface area contributed by atoms with Gasteiger partial charge in [0.05, 0.1) is 12.5 Å². The lowest BCUT2D eigenvalue weighted by Crippen LogP contribution is -2.20. The molecule has 0 aromatic carbocycles. The van der Waals surface area contributed by atoms with Crippen molar-refractivity contribution in [3.8, 4) is 6.07 Å². The van der Waals surface area contributed by atoms with Gasteiger partial charge in [-0.25, -0.2) is 0 Å². The first-order chi connectivity index (χ1) is 7.67. The minimum absolute atomic E-state index is 0.234. The highest BCUT2D eigenvalue weighted by molar-refractivity contribution is 5.52. The van der Waals surface area contributed by atoms with Gasteiger partial charge < -0.3 is 16.0 Å². The van der Waals surface area contributed by atoms with E-state index in [4.69, 9.17) is 11.0 Å². The lowest BCUT2D eigenvalue weighted by molar-refractivity contribution is 0.881. The van der Waals surface area contributed by atoms with Crippen LogP contribution in [0.5, 0.6) is 0 Å². The lowest BCUT2D eigenvalue weighted by Gasteiger charge is -2.17. The largest absolute Gasteiger partial charge is 0.370 e. The van der Waals surface area contributed by atoms with Crippen molar-refractivity contribution in [1.82, 2.24) is 9.97 Å². The number of hydrogen-bond donors (Lipinski definition) is 2. The molecule has 3 N–H and O–H groups in total. The van der Waals surface area contributed by atoms with E-state index in [0.29, 0.717) is 18.8 Å². The number of nitrogens with one attached hydrogen (secondary N) is 1. The number of rotatable bonds is 5. The summed E-state index contributed by atoms with van der Waals surface area (Å²) in [5, 5.41) is 11.6. The second kappa shape index (κ2) is 5.75. The van der Waals surface area contributed by atoms with Gasteiger partial charge in [0.15, 0.2) is 0 Å². The maximum absolute atomic E-state index is 8.51. The number of nitrogens with two attached hydrogens (primary N) is 1. The molecular weight excluding hydrogens is 204 g/mol. The summed E-state index contributed by atoms with van der Waals surface area (Å²) in [6.45, 7) is 3.38. The molecule has 1 heterocycles. The fourth-order valence-electron chi connectivity index (χ4n) is 1.25. The zero-order chi connectivity index (χ0) is 12.0. The Bertz CT molecular complexity index is 383. The Hall–Kier alpha value is -2.03. The van der Waals surface area contributed by atoms with Crippen LogP contribution in [0.4, 0.5) is 17.6 Å². The van der Waals surface area contributed by atoms with Gasteiger partial charge in [-0.05, 0) is 6.92 Å². The second-order valence-corrected chi connectivity index (χ2v) is 3.33. The van der Waals surface area contributed by atoms with Crippen molar-refractivity contribution in [3.05, 3.63) is 6.07 Å². The number of anilines is 3. The summed E-state index contributed by atoms with van der Waals surface area (Å²) in [4.78, 5) is 10.0. The van der Waals surface area contributed by atoms with E-state index in [1.807, 2.05) is 24.9 Å². The number of aromatic nitrogens is 2. The van der Waals surface area contributed by atoms with Crippen molar-refractivity contribution in [1.29, 1.82) is 5.26 Å². The standard InChI is InChI=1S/C10H16N6/c1-3-13-8-7-9(15-10(12)14-8)16(2)6-4-5-11/h7H,3-4,6H2,1-2H3,(H3,12,13,14,15). The molecule has 0 aliphatic carbocycles. The van der Waals surface area contributed by atoms with Crippen LogP contribution in [0.15, 0.2) is 6.07 Å². The van der Waals surface area contributed by atoms with Crippen molar-refractivity contribution in [2.45, 2.75) is 13.3 Å². The first-order valence-corrected chi connectivity index (χ1v) is 5.14.